The first-order valence-electron chi connectivity index (χ1n) is 6.25. The van der Waals surface area contributed by atoms with Crippen molar-refractivity contribution in [1.29, 1.82) is 0 Å². The van der Waals surface area contributed by atoms with Gasteiger partial charge in [-0.25, -0.2) is 13.4 Å². The number of rotatable bonds is 2. The van der Waals surface area contributed by atoms with Gasteiger partial charge in [0, 0.05) is 5.39 Å². The third-order valence-electron chi connectivity index (χ3n) is 3.15. The standard InChI is InChI=1S/C16H13NO2S/c1-12-7-9-15-13(11-12)8-10-16(17-15)20(18,19)14-5-3-2-4-6-14/h2-11H,1H3. The van der Waals surface area contributed by atoms with E-state index in [2.05, 4.69) is 4.98 Å². The molecule has 1 aromatic heterocycles. The molecular weight excluding hydrogens is 270 g/mol. The van der Waals surface area contributed by atoms with Crippen molar-refractivity contribution in [3.05, 3.63) is 66.2 Å². The van der Waals surface area contributed by atoms with Crippen molar-refractivity contribution in [2.75, 3.05) is 0 Å². The van der Waals surface area contributed by atoms with E-state index in [9.17, 15) is 8.42 Å². The lowest BCUT2D eigenvalue weighted by atomic mass is 10.1. The summed E-state index contributed by atoms with van der Waals surface area (Å²) in [6.07, 6.45) is 0. The van der Waals surface area contributed by atoms with Crippen molar-refractivity contribution in [3.8, 4) is 0 Å². The van der Waals surface area contributed by atoms with E-state index >= 15 is 0 Å². The van der Waals surface area contributed by atoms with Gasteiger partial charge in [0.15, 0.2) is 5.03 Å². The Bertz CT molecular complexity index is 871. The summed E-state index contributed by atoms with van der Waals surface area (Å²) in [5.41, 5.74) is 1.81. The van der Waals surface area contributed by atoms with Gasteiger partial charge in [-0.3, -0.25) is 0 Å². The summed E-state index contributed by atoms with van der Waals surface area (Å²) in [5, 5.41) is 1.03. The zero-order valence-corrected chi connectivity index (χ0v) is 11.8. The van der Waals surface area contributed by atoms with E-state index in [1.54, 1.807) is 42.5 Å². The first kappa shape index (κ1) is 12.8. The Balaban J connectivity index is 2.18. The molecule has 0 unspecified atom stereocenters. The first-order valence-corrected chi connectivity index (χ1v) is 7.73. The smallest absolute Gasteiger partial charge is 0.223 e. The topological polar surface area (TPSA) is 47.0 Å². The minimum Gasteiger partial charge on any atom is -0.236 e. The van der Waals surface area contributed by atoms with Crippen LogP contribution in [0.4, 0.5) is 0 Å². The highest BCUT2D eigenvalue weighted by atomic mass is 32.2. The number of hydrogen-bond acceptors (Lipinski definition) is 3. The van der Waals surface area contributed by atoms with Gasteiger partial charge >= 0.3 is 0 Å². The monoisotopic (exact) mass is 283 g/mol. The van der Waals surface area contributed by atoms with Gasteiger partial charge in [0.2, 0.25) is 9.84 Å². The largest absolute Gasteiger partial charge is 0.236 e. The van der Waals surface area contributed by atoms with Crippen LogP contribution >= 0.6 is 0 Å². The molecule has 0 N–H and O–H groups in total. The molecule has 0 bridgehead atoms. The molecule has 0 aliphatic heterocycles. The molecule has 0 aliphatic rings. The number of sulfone groups is 1. The molecule has 0 amide bonds. The Kier molecular flexibility index (Phi) is 3.03. The Morgan fingerprint density at radius 3 is 2.40 bits per heavy atom. The number of hydrogen-bond donors (Lipinski definition) is 0. The second-order valence-corrected chi connectivity index (χ2v) is 6.56. The summed E-state index contributed by atoms with van der Waals surface area (Å²) in [6.45, 7) is 1.99. The molecule has 4 heteroatoms. The van der Waals surface area contributed by atoms with Gasteiger partial charge in [0.1, 0.15) is 0 Å². The minimum absolute atomic E-state index is 0.0834. The van der Waals surface area contributed by atoms with E-state index in [-0.39, 0.29) is 9.92 Å². The van der Waals surface area contributed by atoms with E-state index in [1.165, 1.54) is 0 Å². The molecule has 2 aromatic carbocycles. The fourth-order valence-corrected chi connectivity index (χ4v) is 3.32. The van der Waals surface area contributed by atoms with Gasteiger partial charge in [-0.2, -0.15) is 0 Å². The van der Waals surface area contributed by atoms with Crippen LogP contribution in [0.5, 0.6) is 0 Å². The molecule has 0 saturated carbocycles. The van der Waals surface area contributed by atoms with Crippen molar-refractivity contribution in [2.45, 2.75) is 16.8 Å². The zero-order chi connectivity index (χ0) is 14.2. The van der Waals surface area contributed by atoms with E-state index in [0.29, 0.717) is 5.52 Å². The lowest BCUT2D eigenvalue weighted by Gasteiger charge is -2.05. The second-order valence-electron chi connectivity index (χ2n) is 4.66. The maximum absolute atomic E-state index is 12.5. The molecule has 0 radical (unpaired) electrons. The van der Waals surface area contributed by atoms with E-state index in [0.717, 1.165) is 10.9 Å². The minimum atomic E-state index is -3.55. The Labute approximate surface area is 117 Å². The average Bonchev–Trinajstić information content (AvgIpc) is 2.47. The molecule has 0 fully saturated rings. The summed E-state index contributed by atoms with van der Waals surface area (Å²) >= 11 is 0. The predicted octanol–water partition coefficient (Wildman–Crippen LogP) is 3.38. The zero-order valence-electron chi connectivity index (χ0n) is 10.9. The molecular formula is C16H13NO2S. The van der Waals surface area contributed by atoms with Crippen LogP contribution in [-0.4, -0.2) is 13.4 Å². The highest BCUT2D eigenvalue weighted by molar-refractivity contribution is 7.91. The quantitative estimate of drug-likeness (QED) is 0.724. The van der Waals surface area contributed by atoms with Crippen LogP contribution in [0.2, 0.25) is 0 Å². The normalized spacial score (nSPS) is 11.7. The third kappa shape index (κ3) is 2.18. The van der Waals surface area contributed by atoms with Crippen LogP contribution in [0.1, 0.15) is 5.56 Å². The molecule has 0 aliphatic carbocycles. The number of benzene rings is 2. The van der Waals surface area contributed by atoms with Gasteiger partial charge in [-0.1, -0.05) is 29.8 Å². The lowest BCUT2D eigenvalue weighted by Crippen LogP contribution is -2.04. The number of fused-ring (bicyclic) bond motifs is 1. The van der Waals surface area contributed by atoms with E-state index < -0.39 is 9.84 Å². The third-order valence-corrected chi connectivity index (χ3v) is 4.82. The van der Waals surface area contributed by atoms with Gasteiger partial charge in [0.25, 0.3) is 0 Å². The van der Waals surface area contributed by atoms with Crippen molar-refractivity contribution in [2.24, 2.45) is 0 Å². The summed E-state index contributed by atoms with van der Waals surface area (Å²) in [4.78, 5) is 4.54. The fraction of sp³-hybridized carbons (Fsp3) is 0.0625. The van der Waals surface area contributed by atoms with Crippen LogP contribution in [0, 0.1) is 6.92 Å². The van der Waals surface area contributed by atoms with Crippen molar-refractivity contribution < 1.29 is 8.42 Å². The van der Waals surface area contributed by atoms with E-state index in [4.69, 9.17) is 0 Å². The van der Waals surface area contributed by atoms with E-state index in [1.807, 2.05) is 25.1 Å². The SMILES string of the molecule is Cc1ccc2nc(S(=O)(=O)c3ccccc3)ccc2c1. The molecule has 20 heavy (non-hydrogen) atoms. The van der Waals surface area contributed by atoms with Crippen molar-refractivity contribution >= 4 is 20.7 Å². The molecule has 1 heterocycles. The lowest BCUT2D eigenvalue weighted by molar-refractivity contribution is 0.593. The maximum Gasteiger partial charge on any atom is 0.223 e. The van der Waals surface area contributed by atoms with Crippen molar-refractivity contribution in [3.63, 3.8) is 0 Å². The molecule has 3 aromatic rings. The van der Waals surface area contributed by atoms with Gasteiger partial charge in [0.05, 0.1) is 10.4 Å². The van der Waals surface area contributed by atoms with Crippen LogP contribution in [0.3, 0.4) is 0 Å². The molecule has 0 atom stereocenters. The predicted molar refractivity (Wildman–Crippen MR) is 78.4 cm³/mol. The van der Waals surface area contributed by atoms with Crippen LogP contribution in [0.15, 0.2) is 70.6 Å². The maximum atomic E-state index is 12.5. The number of aryl methyl sites for hydroxylation is 1. The molecule has 3 rings (SSSR count). The van der Waals surface area contributed by atoms with Gasteiger partial charge in [-0.05, 0) is 43.3 Å². The second kappa shape index (κ2) is 4.72. The summed E-state index contributed by atoms with van der Waals surface area (Å²) in [7, 11) is -3.55. The molecule has 100 valence electrons. The molecule has 3 nitrogen and oxygen atoms in total. The number of pyridine rings is 1. The van der Waals surface area contributed by atoms with Crippen LogP contribution in [0.25, 0.3) is 10.9 Å². The summed E-state index contributed by atoms with van der Waals surface area (Å²) < 4.78 is 25.0. The number of nitrogens with zero attached hydrogens (tertiary/aromatic N) is 1. The molecule has 0 saturated heterocycles. The van der Waals surface area contributed by atoms with Gasteiger partial charge in [-0.15, -0.1) is 0 Å². The molecule has 0 spiro atoms. The Morgan fingerprint density at radius 1 is 0.900 bits per heavy atom. The highest BCUT2D eigenvalue weighted by Gasteiger charge is 2.18. The average molecular weight is 283 g/mol. The summed E-state index contributed by atoms with van der Waals surface area (Å²) in [6, 6.07) is 17.5. The van der Waals surface area contributed by atoms with Crippen LogP contribution < -0.4 is 0 Å². The number of aromatic nitrogens is 1. The fourth-order valence-electron chi connectivity index (χ4n) is 2.10. The Hall–Kier alpha value is -2.20. The van der Waals surface area contributed by atoms with Crippen LogP contribution in [-0.2, 0) is 9.84 Å². The van der Waals surface area contributed by atoms with Gasteiger partial charge < -0.3 is 0 Å². The first-order chi connectivity index (χ1) is 9.57. The Morgan fingerprint density at radius 2 is 1.65 bits per heavy atom. The highest BCUT2D eigenvalue weighted by Crippen LogP contribution is 2.22. The van der Waals surface area contributed by atoms with Crippen molar-refractivity contribution in [1.82, 2.24) is 4.98 Å². The summed E-state index contributed by atoms with van der Waals surface area (Å²) in [5.74, 6) is 0.